The van der Waals surface area contributed by atoms with Gasteiger partial charge in [0.2, 0.25) is 6.23 Å². The van der Waals surface area contributed by atoms with Gasteiger partial charge in [-0.1, -0.05) is 54.6 Å². The van der Waals surface area contributed by atoms with Gasteiger partial charge in [0.15, 0.2) is 11.5 Å². The molecule has 0 saturated carbocycles. The number of nitrogens with zero attached hydrogens (tertiary/aromatic N) is 2. The molecular formula is C23H19FN2O2. The number of hydrogen-bond acceptors (Lipinski definition) is 4. The lowest BCUT2D eigenvalue weighted by Crippen LogP contribution is -2.33. The molecule has 2 atom stereocenters. The third-order valence-electron chi connectivity index (χ3n) is 5.26. The van der Waals surface area contributed by atoms with Gasteiger partial charge in [0.25, 0.3) is 0 Å². The van der Waals surface area contributed by atoms with E-state index < -0.39 is 6.23 Å². The zero-order chi connectivity index (χ0) is 19.1. The highest BCUT2D eigenvalue weighted by Crippen LogP contribution is 2.50. The summed E-state index contributed by atoms with van der Waals surface area (Å²) in [5, 5.41) is 6.89. The monoisotopic (exact) mass is 374 g/mol. The van der Waals surface area contributed by atoms with Crippen LogP contribution in [0.1, 0.15) is 35.4 Å². The number of benzene rings is 3. The van der Waals surface area contributed by atoms with Gasteiger partial charge >= 0.3 is 0 Å². The van der Waals surface area contributed by atoms with E-state index in [1.54, 1.807) is 19.2 Å². The molecule has 2 heterocycles. The molecule has 2 aliphatic rings. The number of hydrogen-bond donors (Lipinski definition) is 0. The summed E-state index contributed by atoms with van der Waals surface area (Å²) in [6.07, 6.45) is 0.321. The number of methoxy groups -OCH3 is 1. The van der Waals surface area contributed by atoms with E-state index in [0.29, 0.717) is 5.75 Å². The lowest BCUT2D eigenvalue weighted by Gasteiger charge is -2.38. The van der Waals surface area contributed by atoms with Crippen LogP contribution < -0.4 is 9.47 Å². The first kappa shape index (κ1) is 16.8. The first-order valence-electron chi connectivity index (χ1n) is 9.25. The largest absolute Gasteiger partial charge is 0.493 e. The third-order valence-corrected chi connectivity index (χ3v) is 5.26. The van der Waals surface area contributed by atoms with Gasteiger partial charge in [-0.05, 0) is 23.8 Å². The minimum absolute atomic E-state index is 0.0316. The van der Waals surface area contributed by atoms with E-state index in [0.717, 1.165) is 34.6 Å². The van der Waals surface area contributed by atoms with Crippen LogP contribution in [0.4, 0.5) is 4.39 Å². The molecule has 0 N–H and O–H groups in total. The van der Waals surface area contributed by atoms with Gasteiger partial charge in [0, 0.05) is 17.5 Å². The summed E-state index contributed by atoms with van der Waals surface area (Å²) in [5.41, 5.74) is 4.00. The zero-order valence-corrected chi connectivity index (χ0v) is 15.4. The molecule has 5 heteroatoms. The number of rotatable bonds is 3. The summed E-state index contributed by atoms with van der Waals surface area (Å²) in [5.74, 6) is 1.14. The summed E-state index contributed by atoms with van der Waals surface area (Å²) in [6, 6.07) is 22.5. The standard InChI is InChI=1S/C23H19FN2O2/c1-27-21-9-5-8-18-20-14-19(15-6-3-2-4-7-15)25-26(20)23(28-22(18)21)16-10-12-17(24)13-11-16/h2-13,20,23H,14H2,1H3/t20-,23+/m1/s1. The van der Waals surface area contributed by atoms with Crippen molar-refractivity contribution >= 4 is 5.71 Å². The molecule has 0 unspecified atom stereocenters. The smallest absolute Gasteiger partial charge is 0.214 e. The maximum Gasteiger partial charge on any atom is 0.214 e. The molecule has 0 radical (unpaired) electrons. The van der Waals surface area contributed by atoms with E-state index in [1.165, 1.54) is 12.1 Å². The maximum absolute atomic E-state index is 13.5. The molecule has 28 heavy (non-hydrogen) atoms. The van der Waals surface area contributed by atoms with Crippen molar-refractivity contribution in [2.75, 3.05) is 7.11 Å². The Labute approximate surface area is 162 Å². The fraction of sp³-hybridized carbons (Fsp3) is 0.174. The molecule has 0 fully saturated rings. The topological polar surface area (TPSA) is 34.1 Å². The normalized spacial score (nSPS) is 20.1. The molecule has 3 aromatic carbocycles. The number of halogens is 1. The predicted molar refractivity (Wildman–Crippen MR) is 105 cm³/mol. The minimum Gasteiger partial charge on any atom is -0.493 e. The Balaban J connectivity index is 1.62. The third kappa shape index (κ3) is 2.71. The molecule has 5 rings (SSSR count). The molecule has 0 saturated heterocycles. The molecule has 4 nitrogen and oxygen atoms in total. The van der Waals surface area contributed by atoms with Crippen LogP contribution in [0.25, 0.3) is 0 Å². The van der Waals surface area contributed by atoms with E-state index in [4.69, 9.17) is 14.6 Å². The van der Waals surface area contributed by atoms with Crippen LogP contribution in [0, 0.1) is 5.82 Å². The van der Waals surface area contributed by atoms with Crippen molar-refractivity contribution in [3.05, 3.63) is 95.3 Å². The summed E-state index contributed by atoms with van der Waals surface area (Å²) >= 11 is 0. The van der Waals surface area contributed by atoms with Gasteiger partial charge in [-0.2, -0.15) is 5.10 Å². The fourth-order valence-corrected chi connectivity index (χ4v) is 3.90. The Bertz CT molecular complexity index is 1030. The van der Waals surface area contributed by atoms with Crippen LogP contribution in [0.2, 0.25) is 0 Å². The summed E-state index contributed by atoms with van der Waals surface area (Å²) < 4.78 is 25.3. The average Bonchev–Trinajstić information content (AvgIpc) is 3.20. The molecule has 140 valence electrons. The molecule has 0 aromatic heterocycles. The Morgan fingerprint density at radius 1 is 1.00 bits per heavy atom. The highest BCUT2D eigenvalue weighted by Gasteiger charge is 2.42. The van der Waals surface area contributed by atoms with Crippen LogP contribution in [-0.4, -0.2) is 17.8 Å². The van der Waals surface area contributed by atoms with Crippen molar-refractivity contribution in [2.45, 2.75) is 18.7 Å². The number of ether oxygens (including phenoxy) is 2. The number of hydrazone groups is 1. The van der Waals surface area contributed by atoms with Crippen molar-refractivity contribution in [3.63, 3.8) is 0 Å². The Morgan fingerprint density at radius 3 is 2.54 bits per heavy atom. The summed E-state index contributed by atoms with van der Waals surface area (Å²) in [4.78, 5) is 0. The lowest BCUT2D eigenvalue weighted by atomic mass is 9.95. The van der Waals surface area contributed by atoms with Gasteiger partial charge in [0.05, 0.1) is 18.9 Å². The minimum atomic E-state index is -0.449. The van der Waals surface area contributed by atoms with Crippen molar-refractivity contribution in [1.82, 2.24) is 5.01 Å². The van der Waals surface area contributed by atoms with Gasteiger partial charge < -0.3 is 9.47 Å². The molecular weight excluding hydrogens is 355 g/mol. The van der Waals surface area contributed by atoms with Crippen LogP contribution in [0.5, 0.6) is 11.5 Å². The van der Waals surface area contributed by atoms with E-state index in [1.807, 2.05) is 35.3 Å². The second-order valence-corrected chi connectivity index (χ2v) is 6.91. The number of fused-ring (bicyclic) bond motifs is 3. The predicted octanol–water partition coefficient (Wildman–Crippen LogP) is 5.08. The van der Waals surface area contributed by atoms with Crippen molar-refractivity contribution < 1.29 is 13.9 Å². The van der Waals surface area contributed by atoms with E-state index in [-0.39, 0.29) is 11.9 Å². The lowest BCUT2D eigenvalue weighted by molar-refractivity contribution is -0.0209. The molecule has 3 aromatic rings. The SMILES string of the molecule is COc1cccc2c1O[C@@H](c1ccc(F)cc1)N1N=C(c3ccccc3)C[C@H]21. The van der Waals surface area contributed by atoms with Gasteiger partial charge in [0.1, 0.15) is 5.82 Å². The molecule has 2 aliphatic heterocycles. The van der Waals surface area contributed by atoms with Crippen molar-refractivity contribution in [1.29, 1.82) is 0 Å². The average molecular weight is 374 g/mol. The Hall–Kier alpha value is -3.34. The van der Waals surface area contributed by atoms with Crippen molar-refractivity contribution in [3.8, 4) is 11.5 Å². The van der Waals surface area contributed by atoms with E-state index >= 15 is 0 Å². The summed E-state index contributed by atoms with van der Waals surface area (Å²) in [7, 11) is 1.64. The molecule has 0 bridgehead atoms. The Kier molecular flexibility index (Phi) is 4.01. The second kappa shape index (κ2) is 6.68. The van der Waals surface area contributed by atoms with Gasteiger partial charge in [-0.25, -0.2) is 9.40 Å². The fourth-order valence-electron chi connectivity index (χ4n) is 3.90. The quantitative estimate of drug-likeness (QED) is 0.641. The van der Waals surface area contributed by atoms with Crippen LogP contribution >= 0.6 is 0 Å². The number of para-hydroxylation sites is 1. The maximum atomic E-state index is 13.5. The Morgan fingerprint density at radius 2 is 1.79 bits per heavy atom. The molecule has 0 aliphatic carbocycles. The van der Waals surface area contributed by atoms with Crippen LogP contribution in [0.3, 0.4) is 0 Å². The van der Waals surface area contributed by atoms with E-state index in [9.17, 15) is 4.39 Å². The van der Waals surface area contributed by atoms with Crippen LogP contribution in [0.15, 0.2) is 77.9 Å². The first-order chi connectivity index (χ1) is 13.7. The first-order valence-corrected chi connectivity index (χ1v) is 9.25. The zero-order valence-electron chi connectivity index (χ0n) is 15.4. The second-order valence-electron chi connectivity index (χ2n) is 6.91. The van der Waals surface area contributed by atoms with E-state index in [2.05, 4.69) is 18.2 Å². The van der Waals surface area contributed by atoms with Crippen molar-refractivity contribution in [2.24, 2.45) is 5.10 Å². The summed E-state index contributed by atoms with van der Waals surface area (Å²) in [6.45, 7) is 0. The highest BCUT2D eigenvalue weighted by atomic mass is 19.1. The molecule has 0 spiro atoms. The molecule has 0 amide bonds. The van der Waals surface area contributed by atoms with Gasteiger partial charge in [-0.3, -0.25) is 0 Å². The van der Waals surface area contributed by atoms with Gasteiger partial charge in [-0.15, -0.1) is 0 Å². The van der Waals surface area contributed by atoms with Crippen LogP contribution in [-0.2, 0) is 0 Å². The highest BCUT2D eigenvalue weighted by molar-refractivity contribution is 6.01.